The van der Waals surface area contributed by atoms with Gasteiger partial charge in [0.25, 0.3) is 0 Å². The molecule has 0 aliphatic carbocycles. The largest absolute Gasteiger partial charge is 2.00 e. The third-order valence-electron chi connectivity index (χ3n) is 8.37. The number of hydrogen-bond acceptors (Lipinski definition) is 2. The Morgan fingerprint density at radius 1 is 0.585 bits per heavy atom. The molecule has 0 radical (unpaired) electrons. The number of para-hydroxylation sites is 2. The van der Waals surface area contributed by atoms with Gasteiger partial charge in [0.15, 0.2) is 0 Å². The topological polar surface area (TPSA) is 34.6 Å². The number of pyridine rings is 2. The third-order valence-corrected chi connectivity index (χ3v) is 8.37. The van der Waals surface area contributed by atoms with E-state index in [0.717, 1.165) is 59.1 Å². The number of aromatic nitrogens is 4. The summed E-state index contributed by atoms with van der Waals surface area (Å²) >= 11 is 0. The van der Waals surface area contributed by atoms with Gasteiger partial charge in [0, 0.05) is 34.8 Å². The number of hydrogen-bond donors (Lipinski definition) is 0. The fourth-order valence-corrected chi connectivity index (χ4v) is 6.50. The van der Waals surface area contributed by atoms with Crippen LogP contribution in [0, 0.1) is 12.1 Å². The Labute approximate surface area is 252 Å². The smallest absolute Gasteiger partial charge is 0.340 e. The summed E-state index contributed by atoms with van der Waals surface area (Å²) in [6.07, 6.45) is 8.02. The Hall–Kier alpha value is -4.01. The molecule has 0 bridgehead atoms. The Balaban J connectivity index is 0.00000276. The molecule has 0 unspecified atom stereocenters. The summed E-state index contributed by atoms with van der Waals surface area (Å²) in [5.74, 6) is 0. The van der Waals surface area contributed by atoms with Crippen LogP contribution >= 0.6 is 0 Å². The molecule has 0 saturated heterocycles. The van der Waals surface area contributed by atoms with Crippen LogP contribution in [-0.2, 0) is 46.7 Å². The average Bonchev–Trinajstić information content (AvgIpc) is 3.64. The van der Waals surface area contributed by atoms with Crippen LogP contribution in [0.25, 0.3) is 54.6 Å². The van der Waals surface area contributed by atoms with Gasteiger partial charge in [0.2, 0.25) is 0 Å². The van der Waals surface area contributed by atoms with E-state index in [0.29, 0.717) is 0 Å². The summed E-state index contributed by atoms with van der Waals surface area (Å²) in [6, 6.07) is 32.6. The van der Waals surface area contributed by atoms with E-state index >= 15 is 0 Å². The average molecular weight is 712 g/mol. The summed E-state index contributed by atoms with van der Waals surface area (Å²) in [6.45, 7) is 4.44. The first kappa shape index (κ1) is 25.9. The van der Waals surface area contributed by atoms with Crippen LogP contribution in [0.4, 0.5) is 0 Å². The molecule has 4 heterocycles. The fourth-order valence-electron chi connectivity index (χ4n) is 6.50. The van der Waals surface area contributed by atoms with Crippen molar-refractivity contribution in [3.63, 3.8) is 0 Å². The second-order valence-corrected chi connectivity index (χ2v) is 10.6. The van der Waals surface area contributed by atoms with Gasteiger partial charge in [-0.1, -0.05) is 61.0 Å². The zero-order chi connectivity index (χ0) is 26.8. The maximum atomic E-state index is 5.15. The van der Waals surface area contributed by atoms with Crippen molar-refractivity contribution in [2.75, 3.05) is 0 Å². The molecule has 41 heavy (non-hydrogen) atoms. The molecular weight excluding hydrogens is 684 g/mol. The van der Waals surface area contributed by atoms with Gasteiger partial charge in [-0.05, 0) is 47.6 Å². The summed E-state index contributed by atoms with van der Waals surface area (Å²) in [5, 5.41) is 7.07. The first-order valence-corrected chi connectivity index (χ1v) is 14.2. The SMILES string of the molecule is CCc1cccc2c3ccc[c-]c3c3nc(CCc4cn5c(n4)c4[c-]cccc4c4cccc(CC)c45)cn3c12.[Pt+2]. The zero-order valence-corrected chi connectivity index (χ0v) is 25.3. The van der Waals surface area contributed by atoms with Crippen LogP contribution in [0.2, 0.25) is 0 Å². The van der Waals surface area contributed by atoms with Gasteiger partial charge in [0.1, 0.15) is 0 Å². The standard InChI is InChI=1S/C36H28N4.Pt/c1-3-23-11-9-17-29-27-13-5-7-15-31(27)35-37-25(21-39(35)33(23)29)19-20-26-22-40-34-24(4-2)12-10-18-30(34)28-14-6-8-16-32(28)36(40)38-26;/h5-14,17-18,21-22H,3-4,19-20H2,1-2H3;/q-2;+2. The van der Waals surface area contributed by atoms with E-state index in [1.54, 1.807) is 0 Å². The second-order valence-electron chi connectivity index (χ2n) is 10.6. The number of benzene rings is 4. The van der Waals surface area contributed by atoms with Crippen molar-refractivity contribution in [2.24, 2.45) is 0 Å². The molecule has 0 amide bonds. The zero-order valence-electron chi connectivity index (χ0n) is 23.0. The molecular formula is C36H28N4Pt. The minimum Gasteiger partial charge on any atom is -0.340 e. The quantitative estimate of drug-likeness (QED) is 0.134. The van der Waals surface area contributed by atoms with E-state index < -0.39 is 0 Å². The van der Waals surface area contributed by atoms with E-state index in [2.05, 4.69) is 108 Å². The molecule has 0 spiro atoms. The molecule has 0 N–H and O–H groups in total. The maximum Gasteiger partial charge on any atom is 2.00 e. The Morgan fingerprint density at radius 3 is 1.46 bits per heavy atom. The van der Waals surface area contributed by atoms with Gasteiger partial charge < -0.3 is 8.80 Å². The van der Waals surface area contributed by atoms with Gasteiger partial charge in [-0.2, -0.15) is 0 Å². The summed E-state index contributed by atoms with van der Waals surface area (Å²) in [7, 11) is 0. The van der Waals surface area contributed by atoms with Crippen molar-refractivity contribution in [3.05, 3.63) is 120 Å². The fraction of sp³-hybridized carbons (Fsp3) is 0.167. The van der Waals surface area contributed by atoms with Crippen LogP contribution in [0.1, 0.15) is 36.4 Å². The van der Waals surface area contributed by atoms with Gasteiger partial charge in [-0.15, -0.1) is 59.3 Å². The minimum atomic E-state index is 0. The number of rotatable bonds is 5. The molecule has 202 valence electrons. The van der Waals surface area contributed by atoms with Gasteiger partial charge in [-0.3, -0.25) is 9.97 Å². The van der Waals surface area contributed by atoms with Crippen molar-refractivity contribution in [1.29, 1.82) is 0 Å². The molecule has 0 saturated carbocycles. The van der Waals surface area contributed by atoms with Crippen molar-refractivity contribution in [2.45, 2.75) is 39.5 Å². The third kappa shape index (κ3) is 3.92. The molecule has 0 atom stereocenters. The number of nitrogens with zero attached hydrogens (tertiary/aromatic N) is 4. The van der Waals surface area contributed by atoms with E-state index in [9.17, 15) is 0 Å². The molecule has 0 fully saturated rings. The van der Waals surface area contributed by atoms with Crippen LogP contribution < -0.4 is 0 Å². The number of aryl methyl sites for hydroxylation is 4. The molecule has 4 nitrogen and oxygen atoms in total. The van der Waals surface area contributed by atoms with Crippen molar-refractivity contribution in [1.82, 2.24) is 18.8 Å². The minimum absolute atomic E-state index is 0. The van der Waals surface area contributed by atoms with Crippen LogP contribution in [0.5, 0.6) is 0 Å². The summed E-state index contributed by atoms with van der Waals surface area (Å²) in [5.41, 5.74) is 9.27. The van der Waals surface area contributed by atoms with E-state index in [1.807, 2.05) is 12.1 Å². The van der Waals surface area contributed by atoms with E-state index in [-0.39, 0.29) is 21.1 Å². The van der Waals surface area contributed by atoms with Crippen molar-refractivity contribution >= 4 is 54.6 Å². The normalized spacial score (nSPS) is 11.9. The molecule has 4 aromatic heterocycles. The summed E-state index contributed by atoms with van der Waals surface area (Å²) in [4.78, 5) is 10.3. The first-order chi connectivity index (χ1) is 19.7. The van der Waals surface area contributed by atoms with Gasteiger partial charge in [-0.25, -0.2) is 0 Å². The Kier molecular flexibility index (Phi) is 6.40. The molecule has 8 rings (SSSR count). The van der Waals surface area contributed by atoms with Crippen LogP contribution in [-0.4, -0.2) is 18.8 Å². The van der Waals surface area contributed by atoms with Crippen LogP contribution in [0.3, 0.4) is 0 Å². The maximum absolute atomic E-state index is 5.15. The monoisotopic (exact) mass is 711 g/mol. The van der Waals surface area contributed by atoms with Crippen molar-refractivity contribution in [3.8, 4) is 0 Å². The Morgan fingerprint density at radius 2 is 1.02 bits per heavy atom. The molecule has 5 heteroatoms. The predicted octanol–water partition coefficient (Wildman–Crippen LogP) is 8.10. The van der Waals surface area contributed by atoms with Gasteiger partial charge in [0.05, 0.1) is 11.3 Å². The first-order valence-electron chi connectivity index (χ1n) is 14.2. The van der Waals surface area contributed by atoms with E-state index in [1.165, 1.54) is 43.7 Å². The molecule has 0 aliphatic heterocycles. The second kappa shape index (κ2) is 10.1. The van der Waals surface area contributed by atoms with Gasteiger partial charge >= 0.3 is 21.1 Å². The van der Waals surface area contributed by atoms with Crippen molar-refractivity contribution < 1.29 is 21.1 Å². The summed E-state index contributed by atoms with van der Waals surface area (Å²) < 4.78 is 4.57. The van der Waals surface area contributed by atoms with E-state index in [4.69, 9.17) is 9.97 Å². The molecule has 4 aromatic carbocycles. The molecule has 8 aromatic rings. The Bertz CT molecular complexity index is 2090. The predicted molar refractivity (Wildman–Crippen MR) is 164 cm³/mol. The number of fused-ring (bicyclic) bond motifs is 12. The van der Waals surface area contributed by atoms with Crippen LogP contribution in [0.15, 0.2) is 85.2 Å². The molecule has 0 aliphatic rings. The number of imidazole rings is 2.